The smallest absolute Gasteiger partial charge is 0.326 e. The van der Waals surface area contributed by atoms with E-state index in [1.165, 1.54) is 0 Å². The molecule has 1 rings (SSSR count). The molecule has 14 nitrogen and oxygen atoms in total. The molecule has 38 heavy (non-hydrogen) atoms. The molecule has 0 fully saturated rings. The number of aliphatic carboxylic acids is 2. The molecule has 4 amide bonds. The molecule has 0 aliphatic carbocycles. The van der Waals surface area contributed by atoms with Gasteiger partial charge in [0.15, 0.2) is 0 Å². The molecule has 1 aromatic carbocycles. The van der Waals surface area contributed by atoms with Crippen LogP contribution in [0.15, 0.2) is 30.3 Å². The highest BCUT2D eigenvalue weighted by Crippen LogP contribution is 2.06. The van der Waals surface area contributed by atoms with E-state index in [4.69, 9.17) is 22.3 Å². The van der Waals surface area contributed by atoms with Gasteiger partial charge in [-0.05, 0) is 44.2 Å². The summed E-state index contributed by atoms with van der Waals surface area (Å²) in [6.45, 7) is 0.332. The van der Waals surface area contributed by atoms with E-state index in [9.17, 15) is 33.9 Å². The van der Waals surface area contributed by atoms with Gasteiger partial charge in [-0.3, -0.25) is 24.0 Å². The Hall–Kier alpha value is -4.04. The maximum absolute atomic E-state index is 13.0. The van der Waals surface area contributed by atoms with Gasteiger partial charge in [-0.2, -0.15) is 0 Å². The fraction of sp³-hybridized carbons (Fsp3) is 0.500. The van der Waals surface area contributed by atoms with Crippen molar-refractivity contribution in [3.63, 3.8) is 0 Å². The topological polar surface area (TPSA) is 257 Å². The van der Waals surface area contributed by atoms with E-state index < -0.39 is 72.6 Å². The summed E-state index contributed by atoms with van der Waals surface area (Å²) in [5.41, 5.74) is 17.3. The van der Waals surface area contributed by atoms with Crippen molar-refractivity contribution in [2.24, 2.45) is 17.2 Å². The Bertz CT molecular complexity index is 974. The fourth-order valence-corrected chi connectivity index (χ4v) is 3.48. The van der Waals surface area contributed by atoms with Crippen molar-refractivity contribution in [1.29, 1.82) is 0 Å². The second-order valence-electron chi connectivity index (χ2n) is 8.71. The van der Waals surface area contributed by atoms with Crippen LogP contribution >= 0.6 is 0 Å². The molecule has 4 unspecified atom stereocenters. The van der Waals surface area contributed by atoms with E-state index >= 15 is 0 Å². The third-order valence-electron chi connectivity index (χ3n) is 5.51. The molecule has 14 heteroatoms. The summed E-state index contributed by atoms with van der Waals surface area (Å²) in [7, 11) is 0. The lowest BCUT2D eigenvalue weighted by atomic mass is 10.0. The summed E-state index contributed by atoms with van der Waals surface area (Å²) < 4.78 is 0. The highest BCUT2D eigenvalue weighted by molar-refractivity contribution is 5.96. The van der Waals surface area contributed by atoms with Crippen molar-refractivity contribution in [1.82, 2.24) is 16.0 Å². The molecule has 0 aliphatic heterocycles. The highest BCUT2D eigenvalue weighted by atomic mass is 16.4. The van der Waals surface area contributed by atoms with Gasteiger partial charge >= 0.3 is 11.9 Å². The number of carbonyl (C=O) groups excluding carboxylic acids is 4. The molecule has 0 bridgehead atoms. The molecule has 0 radical (unpaired) electrons. The van der Waals surface area contributed by atoms with Crippen LogP contribution in [0.25, 0.3) is 0 Å². The molecular formula is C24H36N6O8. The summed E-state index contributed by atoms with van der Waals surface area (Å²) in [5.74, 6) is -6.21. The first-order valence-electron chi connectivity index (χ1n) is 12.1. The van der Waals surface area contributed by atoms with Crippen LogP contribution < -0.4 is 33.2 Å². The Morgan fingerprint density at radius 3 is 1.92 bits per heavy atom. The zero-order valence-corrected chi connectivity index (χ0v) is 20.9. The number of unbranched alkanes of at least 4 members (excludes halogenated alkanes) is 1. The normalized spacial score (nSPS) is 13.8. The van der Waals surface area contributed by atoms with Gasteiger partial charge in [0.1, 0.15) is 18.1 Å². The number of carbonyl (C=O) groups is 6. The number of carboxylic acid groups (broad SMARTS) is 2. The molecular weight excluding hydrogens is 500 g/mol. The SMILES string of the molecule is NCCCCC(NC(=O)C(CC(N)=O)NC(=O)C(CCC(=O)O)NC(=O)C(N)Cc1ccccc1)C(=O)O. The lowest BCUT2D eigenvalue weighted by Gasteiger charge is -2.24. The maximum atomic E-state index is 13.0. The fourth-order valence-electron chi connectivity index (χ4n) is 3.48. The van der Waals surface area contributed by atoms with Crippen molar-refractivity contribution >= 4 is 35.6 Å². The maximum Gasteiger partial charge on any atom is 0.326 e. The minimum absolute atomic E-state index is 0.0616. The Morgan fingerprint density at radius 1 is 0.789 bits per heavy atom. The molecule has 0 saturated heterocycles. The standard InChI is InChI=1S/C24H36N6O8/c25-11-5-4-8-17(24(37)38)29-23(36)18(13-19(27)31)30-22(35)16(9-10-20(32)33)28-21(34)15(26)12-14-6-2-1-3-7-14/h1-3,6-7,15-18H,4-5,8-13,25-26H2,(H2,27,31)(H,28,34)(H,29,36)(H,30,35)(H,32,33)(H,37,38). The number of nitrogens with one attached hydrogen (secondary N) is 3. The van der Waals surface area contributed by atoms with E-state index in [0.717, 1.165) is 5.56 Å². The number of primary amides is 1. The first-order valence-corrected chi connectivity index (χ1v) is 12.1. The predicted molar refractivity (Wildman–Crippen MR) is 135 cm³/mol. The van der Waals surface area contributed by atoms with Crippen LogP contribution in [0.1, 0.15) is 44.1 Å². The van der Waals surface area contributed by atoms with Gasteiger partial charge in [0.05, 0.1) is 12.5 Å². The summed E-state index contributed by atoms with van der Waals surface area (Å²) in [4.78, 5) is 72.6. The van der Waals surface area contributed by atoms with Gasteiger partial charge in [-0.1, -0.05) is 30.3 Å². The van der Waals surface area contributed by atoms with Gasteiger partial charge in [0, 0.05) is 6.42 Å². The lowest BCUT2D eigenvalue weighted by Crippen LogP contribution is -2.58. The van der Waals surface area contributed by atoms with Gasteiger partial charge < -0.3 is 43.4 Å². The molecule has 1 aromatic rings. The van der Waals surface area contributed by atoms with Gasteiger partial charge in [0.2, 0.25) is 23.6 Å². The third-order valence-corrected chi connectivity index (χ3v) is 5.51. The first-order chi connectivity index (χ1) is 17.9. The molecule has 210 valence electrons. The minimum Gasteiger partial charge on any atom is -0.481 e. The summed E-state index contributed by atoms with van der Waals surface area (Å²) >= 11 is 0. The molecule has 0 aromatic heterocycles. The van der Waals surface area contributed by atoms with Crippen LogP contribution in [0.2, 0.25) is 0 Å². The van der Waals surface area contributed by atoms with E-state index in [0.29, 0.717) is 19.4 Å². The van der Waals surface area contributed by atoms with Gasteiger partial charge in [-0.25, -0.2) is 4.79 Å². The second-order valence-corrected chi connectivity index (χ2v) is 8.71. The largest absolute Gasteiger partial charge is 0.481 e. The summed E-state index contributed by atoms with van der Waals surface area (Å²) in [6, 6.07) is 3.48. The first kappa shape index (κ1) is 32.0. The monoisotopic (exact) mass is 536 g/mol. The number of amides is 4. The predicted octanol–water partition coefficient (Wildman–Crippen LogP) is -2.04. The Morgan fingerprint density at radius 2 is 1.37 bits per heavy atom. The van der Waals surface area contributed by atoms with Crippen LogP contribution in [0.3, 0.4) is 0 Å². The average molecular weight is 537 g/mol. The van der Waals surface area contributed by atoms with Crippen molar-refractivity contribution in [2.45, 2.75) is 69.1 Å². The highest BCUT2D eigenvalue weighted by Gasteiger charge is 2.31. The van der Waals surface area contributed by atoms with E-state index in [-0.39, 0.29) is 19.3 Å². The van der Waals surface area contributed by atoms with E-state index in [1.807, 2.05) is 0 Å². The van der Waals surface area contributed by atoms with Crippen molar-refractivity contribution in [3.8, 4) is 0 Å². The number of rotatable bonds is 18. The Kier molecular flexibility index (Phi) is 14.0. The van der Waals surface area contributed by atoms with Gasteiger partial charge in [0.25, 0.3) is 0 Å². The van der Waals surface area contributed by atoms with Crippen LogP contribution in [0.5, 0.6) is 0 Å². The van der Waals surface area contributed by atoms with Crippen LogP contribution in [0, 0.1) is 0 Å². The molecule has 0 heterocycles. The van der Waals surface area contributed by atoms with Crippen LogP contribution in [-0.2, 0) is 35.2 Å². The number of hydrogen-bond acceptors (Lipinski definition) is 8. The van der Waals surface area contributed by atoms with Crippen LogP contribution in [0.4, 0.5) is 0 Å². The second kappa shape index (κ2) is 16.7. The molecule has 0 aliphatic rings. The number of hydrogen-bond donors (Lipinski definition) is 8. The van der Waals surface area contributed by atoms with Crippen LogP contribution in [-0.4, -0.2) is 76.5 Å². The molecule has 4 atom stereocenters. The zero-order valence-electron chi connectivity index (χ0n) is 20.9. The number of benzene rings is 1. The minimum atomic E-state index is -1.57. The molecule has 11 N–H and O–H groups in total. The van der Waals surface area contributed by atoms with E-state index in [2.05, 4.69) is 16.0 Å². The zero-order chi connectivity index (χ0) is 28.7. The van der Waals surface area contributed by atoms with Crippen molar-refractivity contribution < 1.29 is 39.0 Å². The average Bonchev–Trinajstić information content (AvgIpc) is 2.85. The quantitative estimate of drug-likeness (QED) is 0.0953. The number of nitrogens with two attached hydrogens (primary N) is 3. The summed E-state index contributed by atoms with van der Waals surface area (Å²) in [6.07, 6.45) is -0.362. The Balaban J connectivity index is 2.98. The van der Waals surface area contributed by atoms with E-state index in [1.54, 1.807) is 30.3 Å². The molecule has 0 saturated carbocycles. The summed E-state index contributed by atoms with van der Waals surface area (Å²) in [5, 5.41) is 25.4. The third kappa shape index (κ3) is 12.3. The van der Waals surface area contributed by atoms with Gasteiger partial charge in [-0.15, -0.1) is 0 Å². The van der Waals surface area contributed by atoms with Crippen molar-refractivity contribution in [2.75, 3.05) is 6.54 Å². The van der Waals surface area contributed by atoms with Crippen molar-refractivity contribution in [3.05, 3.63) is 35.9 Å². The Labute approximate surface area is 219 Å². The number of carboxylic acids is 2. The lowest BCUT2D eigenvalue weighted by molar-refractivity contribution is -0.142. The molecule has 0 spiro atoms.